The first kappa shape index (κ1) is 34.6. The van der Waals surface area contributed by atoms with Crippen LogP contribution < -0.4 is 0 Å². The highest BCUT2D eigenvalue weighted by molar-refractivity contribution is 5.94. The second-order valence-electron chi connectivity index (χ2n) is 13.5. The standard InChI is InChI=1S/C39H52N4O4/c1-30-28-43(31(2)27-42(30)29-32-13-6-5-7-14-32)38(34-16-11-18-36(44)26-34)33-15-10-17-35(25-33)39(47)41-22-12-21-40(23-24-41)20-9-4-3-8-19-37(45)46/h5-7,10-11,13-18,25-26,30-31,38,44H,3-4,8-9,12,19-24,27-29H2,1-2H3,(H,45,46)/t30-,31+,38-/m1/s1. The van der Waals surface area contributed by atoms with Gasteiger partial charge < -0.3 is 20.0 Å². The minimum absolute atomic E-state index is 0.0751. The summed E-state index contributed by atoms with van der Waals surface area (Å²) in [6, 6.07) is 26.9. The summed E-state index contributed by atoms with van der Waals surface area (Å²) in [5, 5.41) is 19.3. The van der Waals surface area contributed by atoms with E-state index in [1.807, 2.05) is 29.2 Å². The molecule has 2 fully saturated rings. The number of carboxylic acids is 1. The summed E-state index contributed by atoms with van der Waals surface area (Å²) in [6.07, 6.45) is 4.98. The molecule has 1 amide bonds. The molecule has 0 aromatic heterocycles. The lowest BCUT2D eigenvalue weighted by molar-refractivity contribution is -0.137. The summed E-state index contributed by atoms with van der Waals surface area (Å²) in [6.45, 7) is 11.6. The number of piperazine rings is 1. The average molecular weight is 641 g/mol. The van der Waals surface area contributed by atoms with Crippen molar-refractivity contribution in [1.82, 2.24) is 19.6 Å². The average Bonchev–Trinajstić information content (AvgIpc) is 3.31. The quantitative estimate of drug-likeness (QED) is 0.213. The number of aromatic hydroxyl groups is 1. The van der Waals surface area contributed by atoms with Crippen molar-refractivity contribution in [3.8, 4) is 5.75 Å². The maximum atomic E-state index is 13.9. The number of benzene rings is 3. The molecule has 5 rings (SSSR count). The van der Waals surface area contributed by atoms with Crippen LogP contribution in [0.15, 0.2) is 78.9 Å². The number of rotatable bonds is 13. The van der Waals surface area contributed by atoms with Gasteiger partial charge in [-0.15, -0.1) is 0 Å². The molecule has 0 spiro atoms. The number of phenols is 1. The maximum Gasteiger partial charge on any atom is 0.303 e. The monoisotopic (exact) mass is 640 g/mol. The van der Waals surface area contributed by atoms with Gasteiger partial charge in [-0.1, -0.05) is 67.4 Å². The van der Waals surface area contributed by atoms with E-state index in [4.69, 9.17) is 5.11 Å². The molecule has 2 heterocycles. The second kappa shape index (κ2) is 16.9. The van der Waals surface area contributed by atoms with Gasteiger partial charge in [0.25, 0.3) is 5.91 Å². The molecule has 0 saturated carbocycles. The van der Waals surface area contributed by atoms with Gasteiger partial charge in [-0.05, 0) is 87.2 Å². The van der Waals surface area contributed by atoms with Crippen LogP contribution in [0, 0.1) is 0 Å². The third-order valence-corrected chi connectivity index (χ3v) is 9.85. The number of unbranched alkanes of at least 4 members (excludes halogenated alkanes) is 3. The van der Waals surface area contributed by atoms with E-state index in [0.717, 1.165) is 89.0 Å². The van der Waals surface area contributed by atoms with Crippen molar-refractivity contribution in [3.63, 3.8) is 0 Å². The Labute approximate surface area is 280 Å². The number of hydrogen-bond acceptors (Lipinski definition) is 6. The molecule has 2 aliphatic heterocycles. The molecule has 2 aliphatic rings. The first-order chi connectivity index (χ1) is 22.8. The Kier molecular flexibility index (Phi) is 12.4. The highest BCUT2D eigenvalue weighted by atomic mass is 16.4. The molecule has 2 saturated heterocycles. The van der Waals surface area contributed by atoms with Crippen LogP contribution in [0.3, 0.4) is 0 Å². The SMILES string of the molecule is C[C@@H]1CN([C@@H](c2cccc(O)c2)c2cccc(C(=O)N3CCCN(CCCCCCC(=O)O)CC3)c2)[C@@H](C)CN1Cc1ccccc1. The zero-order valence-corrected chi connectivity index (χ0v) is 28.1. The summed E-state index contributed by atoms with van der Waals surface area (Å²) in [5.74, 6) is -0.395. The van der Waals surface area contributed by atoms with Crippen LogP contribution in [0.5, 0.6) is 5.75 Å². The van der Waals surface area contributed by atoms with E-state index in [0.29, 0.717) is 18.2 Å². The molecule has 8 heteroatoms. The number of carboxylic acid groups (broad SMARTS) is 1. The minimum atomic E-state index is -0.718. The normalized spacial score (nSPS) is 20.5. The summed E-state index contributed by atoms with van der Waals surface area (Å²) < 4.78 is 0. The number of phenolic OH excluding ortho intramolecular Hbond substituents is 1. The molecule has 3 aromatic rings. The van der Waals surface area contributed by atoms with Crippen molar-refractivity contribution in [3.05, 3.63) is 101 Å². The van der Waals surface area contributed by atoms with Crippen molar-refractivity contribution in [1.29, 1.82) is 0 Å². The van der Waals surface area contributed by atoms with Crippen LogP contribution in [0.25, 0.3) is 0 Å². The van der Waals surface area contributed by atoms with Gasteiger partial charge in [0.15, 0.2) is 0 Å². The molecular formula is C39H52N4O4. The van der Waals surface area contributed by atoms with Gasteiger partial charge in [0.1, 0.15) is 5.75 Å². The molecule has 3 aromatic carbocycles. The number of carbonyl (C=O) groups is 2. The van der Waals surface area contributed by atoms with Crippen LogP contribution in [-0.2, 0) is 11.3 Å². The zero-order chi connectivity index (χ0) is 33.2. The van der Waals surface area contributed by atoms with Crippen molar-refractivity contribution in [2.24, 2.45) is 0 Å². The lowest BCUT2D eigenvalue weighted by Crippen LogP contribution is -2.56. The zero-order valence-electron chi connectivity index (χ0n) is 28.1. The summed E-state index contributed by atoms with van der Waals surface area (Å²) in [5.41, 5.74) is 4.12. The van der Waals surface area contributed by atoms with E-state index < -0.39 is 5.97 Å². The van der Waals surface area contributed by atoms with Gasteiger partial charge in [0, 0.05) is 63.3 Å². The Hall–Kier alpha value is -3.72. The van der Waals surface area contributed by atoms with E-state index in [1.54, 1.807) is 6.07 Å². The Balaban J connectivity index is 1.27. The maximum absolute atomic E-state index is 13.9. The van der Waals surface area contributed by atoms with E-state index in [1.165, 1.54) is 5.56 Å². The third-order valence-electron chi connectivity index (χ3n) is 9.85. The highest BCUT2D eigenvalue weighted by Gasteiger charge is 2.35. The first-order valence-electron chi connectivity index (χ1n) is 17.4. The summed E-state index contributed by atoms with van der Waals surface area (Å²) in [4.78, 5) is 34.2. The number of carbonyl (C=O) groups excluding carboxylic acids is 1. The molecule has 0 unspecified atom stereocenters. The largest absolute Gasteiger partial charge is 0.508 e. The van der Waals surface area contributed by atoms with E-state index in [-0.39, 0.29) is 30.2 Å². The third kappa shape index (κ3) is 9.66. The lowest BCUT2D eigenvalue weighted by atomic mass is 9.92. The number of aliphatic carboxylic acids is 1. The van der Waals surface area contributed by atoms with Crippen LogP contribution >= 0.6 is 0 Å². The number of hydrogen-bond donors (Lipinski definition) is 2. The van der Waals surface area contributed by atoms with Crippen LogP contribution in [-0.4, -0.2) is 99.6 Å². The van der Waals surface area contributed by atoms with E-state index in [2.05, 4.69) is 77.1 Å². The fourth-order valence-electron chi connectivity index (χ4n) is 7.28. The van der Waals surface area contributed by atoms with Gasteiger partial charge in [-0.3, -0.25) is 19.4 Å². The van der Waals surface area contributed by atoms with Crippen molar-refractivity contribution in [2.75, 3.05) is 45.8 Å². The Morgan fingerprint density at radius 1 is 0.787 bits per heavy atom. The Morgan fingerprint density at radius 3 is 2.30 bits per heavy atom. The molecule has 0 radical (unpaired) electrons. The van der Waals surface area contributed by atoms with Gasteiger partial charge in [0.05, 0.1) is 6.04 Å². The van der Waals surface area contributed by atoms with Crippen molar-refractivity contribution in [2.45, 2.75) is 77.0 Å². The molecule has 0 bridgehead atoms. The van der Waals surface area contributed by atoms with E-state index >= 15 is 0 Å². The molecule has 252 valence electrons. The number of nitrogens with zero attached hydrogens (tertiary/aromatic N) is 4. The van der Waals surface area contributed by atoms with Gasteiger partial charge >= 0.3 is 5.97 Å². The predicted octanol–water partition coefficient (Wildman–Crippen LogP) is 6.26. The van der Waals surface area contributed by atoms with Crippen LogP contribution in [0.4, 0.5) is 0 Å². The van der Waals surface area contributed by atoms with Gasteiger partial charge in [-0.2, -0.15) is 0 Å². The highest BCUT2D eigenvalue weighted by Crippen LogP contribution is 2.35. The van der Waals surface area contributed by atoms with Crippen molar-refractivity contribution >= 4 is 11.9 Å². The fourth-order valence-corrected chi connectivity index (χ4v) is 7.28. The van der Waals surface area contributed by atoms with Gasteiger partial charge in [-0.25, -0.2) is 0 Å². The summed E-state index contributed by atoms with van der Waals surface area (Å²) >= 11 is 0. The molecular weight excluding hydrogens is 588 g/mol. The molecule has 8 nitrogen and oxygen atoms in total. The molecule has 2 N–H and O–H groups in total. The Bertz CT molecular complexity index is 1450. The molecule has 47 heavy (non-hydrogen) atoms. The Morgan fingerprint density at radius 2 is 1.53 bits per heavy atom. The number of amides is 1. The van der Waals surface area contributed by atoms with Crippen LogP contribution in [0.2, 0.25) is 0 Å². The van der Waals surface area contributed by atoms with Crippen molar-refractivity contribution < 1.29 is 19.8 Å². The predicted molar refractivity (Wildman–Crippen MR) is 187 cm³/mol. The fraction of sp³-hybridized carbons (Fsp3) is 0.487. The second-order valence-corrected chi connectivity index (χ2v) is 13.5. The van der Waals surface area contributed by atoms with E-state index in [9.17, 15) is 14.7 Å². The molecule has 3 atom stereocenters. The lowest BCUT2D eigenvalue weighted by Gasteiger charge is -2.47. The van der Waals surface area contributed by atoms with Crippen LogP contribution in [0.1, 0.15) is 85.5 Å². The topological polar surface area (TPSA) is 87.6 Å². The first-order valence-corrected chi connectivity index (χ1v) is 17.4. The minimum Gasteiger partial charge on any atom is -0.508 e. The summed E-state index contributed by atoms with van der Waals surface area (Å²) in [7, 11) is 0. The smallest absolute Gasteiger partial charge is 0.303 e. The van der Waals surface area contributed by atoms with Gasteiger partial charge in [0.2, 0.25) is 0 Å². The molecule has 0 aliphatic carbocycles.